The molecule has 4 unspecified atom stereocenters. The minimum absolute atomic E-state index is 0.158. The van der Waals surface area contributed by atoms with E-state index in [1.807, 2.05) is 20.8 Å². The van der Waals surface area contributed by atoms with Gasteiger partial charge in [-0.05, 0) is 12.3 Å². The summed E-state index contributed by atoms with van der Waals surface area (Å²) in [5.74, 6) is -1.04. The lowest BCUT2D eigenvalue weighted by molar-refractivity contribution is -0.131. The molecule has 0 saturated heterocycles. The Morgan fingerprint density at radius 1 is 1.22 bits per heavy atom. The van der Waals surface area contributed by atoms with Gasteiger partial charge in [0, 0.05) is 12.0 Å². The molecule has 0 bridgehead atoms. The second-order valence-corrected chi connectivity index (χ2v) is 4.66. The summed E-state index contributed by atoms with van der Waals surface area (Å²) in [7, 11) is 0. The Morgan fingerprint density at radius 3 is 2.33 bits per heavy atom. The SMILES string of the molecule is CCC(C)C(O)C(C)C(O)C/C=C/C=C/C(=O)O. The zero-order chi connectivity index (χ0) is 14.1. The summed E-state index contributed by atoms with van der Waals surface area (Å²) < 4.78 is 0. The summed E-state index contributed by atoms with van der Waals surface area (Å²) in [5, 5.41) is 28.2. The minimum Gasteiger partial charge on any atom is -0.478 e. The van der Waals surface area contributed by atoms with Crippen LogP contribution < -0.4 is 0 Å². The van der Waals surface area contributed by atoms with Gasteiger partial charge >= 0.3 is 5.97 Å². The van der Waals surface area contributed by atoms with Gasteiger partial charge in [-0.1, -0.05) is 45.4 Å². The Labute approximate surface area is 109 Å². The summed E-state index contributed by atoms with van der Waals surface area (Å²) in [4.78, 5) is 10.2. The highest BCUT2D eigenvalue weighted by molar-refractivity contribution is 5.80. The van der Waals surface area contributed by atoms with Crippen molar-refractivity contribution < 1.29 is 20.1 Å². The average Bonchev–Trinajstić information content (AvgIpc) is 2.34. The van der Waals surface area contributed by atoms with Crippen molar-refractivity contribution >= 4 is 5.97 Å². The van der Waals surface area contributed by atoms with Crippen LogP contribution in [0.25, 0.3) is 0 Å². The fourth-order valence-corrected chi connectivity index (χ4v) is 1.64. The van der Waals surface area contributed by atoms with Crippen molar-refractivity contribution in [3.63, 3.8) is 0 Å². The number of allylic oxidation sites excluding steroid dienone is 2. The molecule has 18 heavy (non-hydrogen) atoms. The second-order valence-electron chi connectivity index (χ2n) is 4.66. The maximum absolute atomic E-state index is 10.2. The van der Waals surface area contributed by atoms with E-state index in [2.05, 4.69) is 0 Å². The van der Waals surface area contributed by atoms with Crippen LogP contribution >= 0.6 is 0 Å². The number of rotatable bonds is 8. The molecule has 0 aliphatic heterocycles. The third-order valence-electron chi connectivity index (χ3n) is 3.24. The third-order valence-corrected chi connectivity index (χ3v) is 3.24. The molecule has 0 heterocycles. The second kappa shape index (κ2) is 8.89. The Morgan fingerprint density at radius 2 is 1.83 bits per heavy atom. The first-order valence-electron chi connectivity index (χ1n) is 6.32. The first kappa shape index (κ1) is 16.9. The summed E-state index contributed by atoms with van der Waals surface area (Å²) in [5.41, 5.74) is 0. The van der Waals surface area contributed by atoms with Gasteiger partial charge in [0.1, 0.15) is 0 Å². The molecule has 0 aromatic carbocycles. The van der Waals surface area contributed by atoms with Crippen LogP contribution in [-0.2, 0) is 4.79 Å². The molecule has 0 saturated carbocycles. The number of aliphatic carboxylic acids is 1. The van der Waals surface area contributed by atoms with Crippen LogP contribution in [0.4, 0.5) is 0 Å². The van der Waals surface area contributed by atoms with Gasteiger partial charge in [0.05, 0.1) is 12.2 Å². The third kappa shape index (κ3) is 6.57. The first-order valence-corrected chi connectivity index (χ1v) is 6.32. The van der Waals surface area contributed by atoms with E-state index in [1.165, 1.54) is 6.08 Å². The van der Waals surface area contributed by atoms with Crippen molar-refractivity contribution in [2.24, 2.45) is 11.8 Å². The van der Waals surface area contributed by atoms with Gasteiger partial charge in [0.15, 0.2) is 0 Å². The summed E-state index contributed by atoms with van der Waals surface area (Å²) in [6, 6.07) is 0. The van der Waals surface area contributed by atoms with Crippen molar-refractivity contribution in [2.75, 3.05) is 0 Å². The van der Waals surface area contributed by atoms with Gasteiger partial charge in [-0.2, -0.15) is 0 Å². The summed E-state index contributed by atoms with van der Waals surface area (Å²) in [6.45, 7) is 5.78. The molecule has 0 aliphatic rings. The normalized spacial score (nSPS) is 18.9. The highest BCUT2D eigenvalue weighted by atomic mass is 16.4. The van der Waals surface area contributed by atoms with Gasteiger partial charge < -0.3 is 15.3 Å². The maximum atomic E-state index is 10.2. The predicted molar refractivity (Wildman–Crippen MR) is 71.2 cm³/mol. The minimum atomic E-state index is -0.999. The van der Waals surface area contributed by atoms with E-state index in [0.29, 0.717) is 6.42 Å². The van der Waals surface area contributed by atoms with Crippen LogP contribution in [0.15, 0.2) is 24.3 Å². The van der Waals surface area contributed by atoms with Gasteiger partial charge in [0.25, 0.3) is 0 Å². The van der Waals surface area contributed by atoms with E-state index in [9.17, 15) is 15.0 Å². The van der Waals surface area contributed by atoms with Crippen LogP contribution in [0.2, 0.25) is 0 Å². The average molecular weight is 256 g/mol. The number of carbonyl (C=O) groups is 1. The monoisotopic (exact) mass is 256 g/mol. The smallest absolute Gasteiger partial charge is 0.328 e. The summed E-state index contributed by atoms with van der Waals surface area (Å²) >= 11 is 0. The van der Waals surface area contributed by atoms with E-state index in [0.717, 1.165) is 12.5 Å². The van der Waals surface area contributed by atoms with Crippen LogP contribution in [-0.4, -0.2) is 33.5 Å². The molecule has 0 aromatic heterocycles. The molecule has 104 valence electrons. The van der Waals surface area contributed by atoms with Crippen molar-refractivity contribution in [3.8, 4) is 0 Å². The van der Waals surface area contributed by atoms with Gasteiger partial charge in [-0.15, -0.1) is 0 Å². The number of carboxylic acids is 1. The quantitative estimate of drug-likeness (QED) is 0.458. The molecule has 0 aliphatic carbocycles. The topological polar surface area (TPSA) is 77.8 Å². The highest BCUT2D eigenvalue weighted by Crippen LogP contribution is 2.20. The van der Waals surface area contributed by atoms with Crippen molar-refractivity contribution in [3.05, 3.63) is 24.3 Å². The molecule has 4 atom stereocenters. The number of hydrogen-bond donors (Lipinski definition) is 3. The molecule has 0 aromatic rings. The highest BCUT2D eigenvalue weighted by Gasteiger charge is 2.25. The number of carboxylic acid groups (broad SMARTS) is 1. The molecule has 0 spiro atoms. The lowest BCUT2D eigenvalue weighted by atomic mass is 9.87. The zero-order valence-corrected chi connectivity index (χ0v) is 11.3. The van der Waals surface area contributed by atoms with Crippen molar-refractivity contribution in [2.45, 2.75) is 45.8 Å². The fourth-order valence-electron chi connectivity index (χ4n) is 1.64. The van der Waals surface area contributed by atoms with Crippen molar-refractivity contribution in [1.82, 2.24) is 0 Å². The molecule has 0 fully saturated rings. The zero-order valence-electron chi connectivity index (χ0n) is 11.3. The van der Waals surface area contributed by atoms with E-state index in [-0.39, 0.29) is 11.8 Å². The standard InChI is InChI=1S/C14H24O4/c1-4-10(2)14(18)11(3)12(15)8-6-5-7-9-13(16)17/h5-7,9-12,14-15,18H,4,8H2,1-3H3,(H,16,17)/b6-5+,9-7+. The molecular weight excluding hydrogens is 232 g/mol. The molecule has 0 rings (SSSR count). The van der Waals surface area contributed by atoms with E-state index in [1.54, 1.807) is 12.2 Å². The van der Waals surface area contributed by atoms with Crippen LogP contribution in [0.5, 0.6) is 0 Å². The van der Waals surface area contributed by atoms with Crippen LogP contribution in [0, 0.1) is 11.8 Å². The lowest BCUT2D eigenvalue weighted by Gasteiger charge is -2.27. The number of hydrogen-bond acceptors (Lipinski definition) is 3. The number of aliphatic hydroxyl groups excluding tert-OH is 2. The Balaban J connectivity index is 4.16. The Kier molecular flexibility index (Phi) is 8.33. The van der Waals surface area contributed by atoms with Gasteiger partial charge in [-0.25, -0.2) is 4.79 Å². The number of aliphatic hydroxyl groups is 2. The molecular formula is C14H24O4. The lowest BCUT2D eigenvalue weighted by Crippen LogP contribution is -2.33. The first-order chi connectivity index (χ1) is 8.40. The molecule has 0 radical (unpaired) electrons. The molecule has 4 heteroatoms. The molecule has 3 N–H and O–H groups in total. The van der Waals surface area contributed by atoms with Crippen molar-refractivity contribution in [1.29, 1.82) is 0 Å². The van der Waals surface area contributed by atoms with E-state index in [4.69, 9.17) is 5.11 Å². The van der Waals surface area contributed by atoms with E-state index >= 15 is 0 Å². The molecule has 0 amide bonds. The molecule has 4 nitrogen and oxygen atoms in total. The maximum Gasteiger partial charge on any atom is 0.328 e. The Bertz CT molecular complexity index is 296. The Hall–Kier alpha value is -1.13. The van der Waals surface area contributed by atoms with Crippen LogP contribution in [0.1, 0.15) is 33.6 Å². The summed E-state index contributed by atoms with van der Waals surface area (Å²) in [6.07, 6.45) is 5.85. The van der Waals surface area contributed by atoms with Gasteiger partial charge in [-0.3, -0.25) is 0 Å². The van der Waals surface area contributed by atoms with Crippen LogP contribution in [0.3, 0.4) is 0 Å². The predicted octanol–water partition coefficient (Wildman–Crippen LogP) is 1.98. The fraction of sp³-hybridized carbons (Fsp3) is 0.643. The largest absolute Gasteiger partial charge is 0.478 e. The van der Waals surface area contributed by atoms with Gasteiger partial charge in [0.2, 0.25) is 0 Å². The van der Waals surface area contributed by atoms with E-state index < -0.39 is 18.2 Å².